The van der Waals surface area contributed by atoms with Crippen LogP contribution in [0.25, 0.3) is 0 Å². The first-order chi connectivity index (χ1) is 4.63. The largest absolute Gasteiger partial charge is 0.394 e. The standard InChI is InChI=1S/C5H9FO4/c6-3(1-7)5(10)4(9)2-8/h1,3-5,8-10H,2H2/t3?,4?,5-/m0/s1. The quantitative estimate of drug-likeness (QED) is 0.417. The zero-order valence-electron chi connectivity index (χ0n) is 5.14. The lowest BCUT2D eigenvalue weighted by Gasteiger charge is -2.14. The normalized spacial score (nSPS) is 19.6. The van der Waals surface area contributed by atoms with E-state index in [1.54, 1.807) is 0 Å². The molecule has 0 aliphatic heterocycles. The predicted octanol–water partition coefficient (Wildman–Crippen LogP) is -1.76. The van der Waals surface area contributed by atoms with Crippen LogP contribution >= 0.6 is 0 Å². The van der Waals surface area contributed by atoms with E-state index < -0.39 is 25.0 Å². The van der Waals surface area contributed by atoms with Gasteiger partial charge in [0.25, 0.3) is 0 Å². The van der Waals surface area contributed by atoms with Crippen molar-refractivity contribution in [2.75, 3.05) is 6.61 Å². The minimum Gasteiger partial charge on any atom is -0.394 e. The molecule has 0 aliphatic carbocycles. The average Bonchev–Trinajstić information content (AvgIpc) is 2.00. The molecule has 0 aromatic heterocycles. The predicted molar refractivity (Wildman–Crippen MR) is 30.1 cm³/mol. The van der Waals surface area contributed by atoms with Gasteiger partial charge in [-0.3, -0.25) is 0 Å². The molecule has 0 heterocycles. The zero-order chi connectivity index (χ0) is 8.15. The number of aliphatic hydroxyl groups excluding tert-OH is 3. The fourth-order valence-electron chi connectivity index (χ4n) is 0.401. The molecule has 10 heavy (non-hydrogen) atoms. The molecule has 0 spiro atoms. The van der Waals surface area contributed by atoms with Crippen LogP contribution < -0.4 is 0 Å². The number of aldehydes is 1. The molecule has 0 saturated heterocycles. The van der Waals surface area contributed by atoms with Crippen molar-refractivity contribution in [2.24, 2.45) is 0 Å². The lowest BCUT2D eigenvalue weighted by Crippen LogP contribution is -2.37. The number of carbonyl (C=O) groups excluding carboxylic acids is 1. The van der Waals surface area contributed by atoms with Gasteiger partial charge in [0.1, 0.15) is 12.2 Å². The fraction of sp³-hybridized carbons (Fsp3) is 0.800. The van der Waals surface area contributed by atoms with E-state index in [0.717, 1.165) is 0 Å². The Kier molecular flexibility index (Phi) is 4.10. The van der Waals surface area contributed by atoms with Crippen LogP contribution in [0.3, 0.4) is 0 Å². The van der Waals surface area contributed by atoms with E-state index in [4.69, 9.17) is 15.3 Å². The van der Waals surface area contributed by atoms with Crippen molar-refractivity contribution >= 4 is 6.29 Å². The van der Waals surface area contributed by atoms with Gasteiger partial charge in [-0.05, 0) is 0 Å². The number of halogens is 1. The molecule has 0 saturated carbocycles. The summed E-state index contributed by atoms with van der Waals surface area (Å²) in [6, 6.07) is 0. The summed E-state index contributed by atoms with van der Waals surface area (Å²) >= 11 is 0. The molecule has 0 aromatic carbocycles. The van der Waals surface area contributed by atoms with E-state index in [1.807, 2.05) is 0 Å². The van der Waals surface area contributed by atoms with E-state index >= 15 is 0 Å². The van der Waals surface area contributed by atoms with Gasteiger partial charge in [0.2, 0.25) is 0 Å². The molecule has 4 nitrogen and oxygen atoms in total. The van der Waals surface area contributed by atoms with Gasteiger partial charge in [0.15, 0.2) is 12.5 Å². The van der Waals surface area contributed by atoms with Crippen molar-refractivity contribution in [2.45, 2.75) is 18.4 Å². The van der Waals surface area contributed by atoms with E-state index in [1.165, 1.54) is 0 Å². The minimum absolute atomic E-state index is 0.135. The summed E-state index contributed by atoms with van der Waals surface area (Å²) in [7, 11) is 0. The number of rotatable bonds is 4. The second kappa shape index (κ2) is 4.32. The summed E-state index contributed by atoms with van der Waals surface area (Å²) < 4.78 is 12.1. The third-order valence-electron chi connectivity index (χ3n) is 1.04. The molecule has 5 heteroatoms. The molecule has 0 fully saturated rings. The number of aliphatic hydroxyl groups is 3. The Morgan fingerprint density at radius 1 is 1.50 bits per heavy atom. The smallest absolute Gasteiger partial charge is 0.183 e. The Bertz CT molecular complexity index is 108. The Balaban J connectivity index is 3.80. The van der Waals surface area contributed by atoms with Crippen molar-refractivity contribution in [3.63, 3.8) is 0 Å². The van der Waals surface area contributed by atoms with Gasteiger partial charge < -0.3 is 20.1 Å². The van der Waals surface area contributed by atoms with Crippen molar-refractivity contribution in [1.29, 1.82) is 0 Å². The van der Waals surface area contributed by atoms with Gasteiger partial charge in [-0.1, -0.05) is 0 Å². The van der Waals surface area contributed by atoms with Crippen LogP contribution in [0, 0.1) is 0 Å². The highest BCUT2D eigenvalue weighted by Crippen LogP contribution is 2.00. The third-order valence-corrected chi connectivity index (χ3v) is 1.04. The Morgan fingerprint density at radius 3 is 2.30 bits per heavy atom. The molecular weight excluding hydrogens is 143 g/mol. The Hall–Kier alpha value is -0.520. The van der Waals surface area contributed by atoms with Crippen LogP contribution in [0.5, 0.6) is 0 Å². The Morgan fingerprint density at radius 2 is 2.00 bits per heavy atom. The van der Waals surface area contributed by atoms with E-state index in [2.05, 4.69) is 0 Å². The van der Waals surface area contributed by atoms with Crippen molar-refractivity contribution < 1.29 is 24.5 Å². The molecular formula is C5H9FO4. The van der Waals surface area contributed by atoms with Crippen molar-refractivity contribution in [3.8, 4) is 0 Å². The summed E-state index contributed by atoms with van der Waals surface area (Å²) in [5.41, 5.74) is 0. The topological polar surface area (TPSA) is 77.8 Å². The lowest BCUT2D eigenvalue weighted by atomic mass is 10.1. The molecule has 0 aliphatic rings. The maximum atomic E-state index is 12.1. The van der Waals surface area contributed by atoms with Crippen LogP contribution in [0.4, 0.5) is 4.39 Å². The van der Waals surface area contributed by atoms with E-state index in [-0.39, 0.29) is 6.29 Å². The molecule has 0 radical (unpaired) electrons. The summed E-state index contributed by atoms with van der Waals surface area (Å²) in [6.07, 6.45) is -5.70. The van der Waals surface area contributed by atoms with E-state index in [9.17, 15) is 9.18 Å². The molecule has 0 amide bonds. The summed E-state index contributed by atoms with van der Waals surface area (Å²) in [5.74, 6) is 0. The van der Waals surface area contributed by atoms with Gasteiger partial charge in [-0.2, -0.15) is 0 Å². The number of alkyl halides is 1. The number of hydrogen-bond donors (Lipinski definition) is 3. The minimum atomic E-state index is -2.14. The van der Waals surface area contributed by atoms with Gasteiger partial charge in [-0.15, -0.1) is 0 Å². The summed E-state index contributed by atoms with van der Waals surface area (Å²) in [6.45, 7) is -0.768. The third kappa shape index (κ3) is 2.38. The van der Waals surface area contributed by atoms with Gasteiger partial charge in [0.05, 0.1) is 6.61 Å². The maximum absolute atomic E-state index is 12.1. The van der Waals surface area contributed by atoms with Crippen LogP contribution in [0.1, 0.15) is 0 Å². The van der Waals surface area contributed by atoms with Crippen molar-refractivity contribution in [3.05, 3.63) is 0 Å². The van der Waals surface area contributed by atoms with Crippen LogP contribution in [-0.2, 0) is 4.79 Å². The number of carbonyl (C=O) groups is 1. The average molecular weight is 152 g/mol. The summed E-state index contributed by atoms with van der Waals surface area (Å²) in [4.78, 5) is 9.64. The lowest BCUT2D eigenvalue weighted by molar-refractivity contribution is -0.120. The molecule has 0 aromatic rings. The van der Waals surface area contributed by atoms with E-state index in [0.29, 0.717) is 0 Å². The fourth-order valence-corrected chi connectivity index (χ4v) is 0.401. The monoisotopic (exact) mass is 152 g/mol. The molecule has 2 unspecified atom stereocenters. The van der Waals surface area contributed by atoms with Gasteiger partial charge in [-0.25, -0.2) is 4.39 Å². The number of hydrogen-bond acceptors (Lipinski definition) is 4. The second-order valence-corrected chi connectivity index (χ2v) is 1.82. The molecule has 3 atom stereocenters. The van der Waals surface area contributed by atoms with Crippen LogP contribution in [0.15, 0.2) is 0 Å². The highest BCUT2D eigenvalue weighted by Gasteiger charge is 2.24. The SMILES string of the molecule is O=CC(F)[C@H](O)C(O)CO. The highest BCUT2D eigenvalue weighted by atomic mass is 19.1. The van der Waals surface area contributed by atoms with Gasteiger partial charge >= 0.3 is 0 Å². The molecule has 0 bridgehead atoms. The van der Waals surface area contributed by atoms with Crippen LogP contribution in [-0.4, -0.2) is 46.6 Å². The Labute approximate surface area is 56.9 Å². The first kappa shape index (κ1) is 9.48. The second-order valence-electron chi connectivity index (χ2n) is 1.82. The maximum Gasteiger partial charge on any atom is 0.183 e. The first-order valence-corrected chi connectivity index (χ1v) is 2.69. The molecule has 0 rings (SSSR count). The zero-order valence-corrected chi connectivity index (χ0v) is 5.14. The first-order valence-electron chi connectivity index (χ1n) is 2.69. The molecule has 60 valence electrons. The van der Waals surface area contributed by atoms with Gasteiger partial charge in [0, 0.05) is 0 Å². The molecule has 3 N–H and O–H groups in total. The summed E-state index contributed by atoms with van der Waals surface area (Å²) in [5, 5.41) is 25.3. The van der Waals surface area contributed by atoms with Crippen LogP contribution in [0.2, 0.25) is 0 Å². The van der Waals surface area contributed by atoms with Crippen molar-refractivity contribution in [1.82, 2.24) is 0 Å². The highest BCUT2D eigenvalue weighted by molar-refractivity contribution is 5.56.